The van der Waals surface area contributed by atoms with Crippen LogP contribution in [0.4, 0.5) is 0 Å². The van der Waals surface area contributed by atoms with Crippen molar-refractivity contribution in [3.63, 3.8) is 0 Å². The summed E-state index contributed by atoms with van der Waals surface area (Å²) < 4.78 is 0. The third-order valence-corrected chi connectivity index (χ3v) is 5.01. The zero-order valence-corrected chi connectivity index (χ0v) is 13.2. The second-order valence-corrected chi connectivity index (χ2v) is 7.22. The van der Waals surface area contributed by atoms with Gasteiger partial charge < -0.3 is 5.32 Å². The van der Waals surface area contributed by atoms with Gasteiger partial charge in [0.05, 0.1) is 0 Å². The Balaban J connectivity index is 1.66. The van der Waals surface area contributed by atoms with Gasteiger partial charge in [-0.2, -0.15) is 0 Å². The van der Waals surface area contributed by atoms with Gasteiger partial charge in [-0.1, -0.05) is 27.2 Å². The number of aromatic nitrogens is 3. The van der Waals surface area contributed by atoms with Crippen molar-refractivity contribution in [2.45, 2.75) is 64.8 Å². The van der Waals surface area contributed by atoms with Crippen LogP contribution in [0.3, 0.4) is 0 Å². The van der Waals surface area contributed by atoms with Crippen molar-refractivity contribution < 1.29 is 4.79 Å². The fraction of sp³-hybridized carbons (Fsp3) is 0.812. The van der Waals surface area contributed by atoms with E-state index in [1.807, 2.05) is 0 Å². The molecule has 1 heterocycles. The number of carbonyl (C=O) groups is 1. The first-order valence-corrected chi connectivity index (χ1v) is 8.27. The molecule has 0 radical (unpaired) electrons. The van der Waals surface area contributed by atoms with Crippen LogP contribution in [0.2, 0.25) is 0 Å². The zero-order valence-electron chi connectivity index (χ0n) is 13.2. The molecule has 116 valence electrons. The number of rotatable bonds is 4. The van der Waals surface area contributed by atoms with Gasteiger partial charge in [0.25, 0.3) is 5.91 Å². The number of H-pyrrole nitrogens is 1. The summed E-state index contributed by atoms with van der Waals surface area (Å²) in [4.78, 5) is 16.7. The lowest BCUT2D eigenvalue weighted by molar-refractivity contribution is 0.0857. The largest absolute Gasteiger partial charge is 0.346 e. The quantitative estimate of drug-likeness (QED) is 0.895. The maximum atomic E-state index is 12.4. The Morgan fingerprint density at radius 2 is 2.05 bits per heavy atom. The minimum atomic E-state index is -0.122. The SMILES string of the molecule is CC1CCC(C(C)C)C(NC(=O)c2n[nH]c(C3CC3)n2)C1. The molecule has 2 aliphatic carbocycles. The van der Waals surface area contributed by atoms with Gasteiger partial charge in [0.1, 0.15) is 5.82 Å². The first kappa shape index (κ1) is 14.5. The molecule has 3 atom stereocenters. The summed E-state index contributed by atoms with van der Waals surface area (Å²) in [5.74, 6) is 3.39. The van der Waals surface area contributed by atoms with Crippen LogP contribution in [0, 0.1) is 17.8 Å². The number of aromatic amines is 1. The van der Waals surface area contributed by atoms with Crippen molar-refractivity contribution >= 4 is 5.91 Å². The van der Waals surface area contributed by atoms with Crippen molar-refractivity contribution in [1.29, 1.82) is 0 Å². The first-order valence-electron chi connectivity index (χ1n) is 8.27. The number of hydrogen-bond acceptors (Lipinski definition) is 3. The maximum absolute atomic E-state index is 12.4. The van der Waals surface area contributed by atoms with Gasteiger partial charge in [-0.25, -0.2) is 4.98 Å². The topological polar surface area (TPSA) is 70.7 Å². The fourth-order valence-corrected chi connectivity index (χ4v) is 3.52. The number of nitrogens with zero attached hydrogens (tertiary/aromatic N) is 2. The van der Waals surface area contributed by atoms with Crippen LogP contribution in [0.15, 0.2) is 0 Å². The van der Waals surface area contributed by atoms with E-state index in [2.05, 4.69) is 41.3 Å². The lowest BCUT2D eigenvalue weighted by atomic mass is 9.74. The van der Waals surface area contributed by atoms with Gasteiger partial charge in [0.2, 0.25) is 5.82 Å². The smallest absolute Gasteiger partial charge is 0.291 e. The Hall–Kier alpha value is -1.39. The molecule has 5 heteroatoms. The molecule has 3 rings (SSSR count). The lowest BCUT2D eigenvalue weighted by Crippen LogP contribution is -2.45. The van der Waals surface area contributed by atoms with E-state index in [-0.39, 0.29) is 11.9 Å². The highest BCUT2D eigenvalue weighted by molar-refractivity contribution is 5.90. The van der Waals surface area contributed by atoms with Gasteiger partial charge in [-0.3, -0.25) is 9.89 Å². The molecule has 5 nitrogen and oxygen atoms in total. The third kappa shape index (κ3) is 3.27. The minimum absolute atomic E-state index is 0.122. The van der Waals surface area contributed by atoms with Crippen molar-refractivity contribution in [2.75, 3.05) is 0 Å². The first-order chi connectivity index (χ1) is 10.0. The molecular weight excluding hydrogens is 264 g/mol. The average Bonchev–Trinajstić information content (AvgIpc) is 3.16. The van der Waals surface area contributed by atoms with E-state index < -0.39 is 0 Å². The molecule has 1 aromatic rings. The second-order valence-electron chi connectivity index (χ2n) is 7.22. The van der Waals surface area contributed by atoms with E-state index in [0.29, 0.717) is 29.5 Å². The van der Waals surface area contributed by atoms with Crippen LogP contribution in [0.1, 0.15) is 75.2 Å². The molecule has 0 bridgehead atoms. The predicted molar refractivity (Wildman–Crippen MR) is 81.0 cm³/mol. The summed E-state index contributed by atoms with van der Waals surface area (Å²) in [6, 6.07) is 0.254. The van der Waals surface area contributed by atoms with E-state index in [9.17, 15) is 4.79 Å². The Labute approximate surface area is 126 Å². The van der Waals surface area contributed by atoms with Gasteiger partial charge in [0.15, 0.2) is 0 Å². The molecule has 2 aliphatic rings. The van der Waals surface area contributed by atoms with E-state index in [1.54, 1.807) is 0 Å². The normalized spacial score (nSPS) is 29.6. The molecular formula is C16H26N4O. The third-order valence-electron chi connectivity index (χ3n) is 5.01. The number of nitrogens with one attached hydrogen (secondary N) is 2. The molecule has 2 fully saturated rings. The van der Waals surface area contributed by atoms with Gasteiger partial charge in [-0.15, -0.1) is 5.10 Å². The minimum Gasteiger partial charge on any atom is -0.346 e. The van der Waals surface area contributed by atoms with E-state index in [0.717, 1.165) is 25.1 Å². The van der Waals surface area contributed by atoms with Crippen LogP contribution >= 0.6 is 0 Å². The van der Waals surface area contributed by atoms with Gasteiger partial charge >= 0.3 is 0 Å². The van der Waals surface area contributed by atoms with Crippen molar-refractivity contribution in [3.8, 4) is 0 Å². The van der Waals surface area contributed by atoms with E-state index in [4.69, 9.17) is 0 Å². The average molecular weight is 290 g/mol. The predicted octanol–water partition coefficient (Wildman–Crippen LogP) is 2.87. The highest BCUT2D eigenvalue weighted by Crippen LogP contribution is 2.38. The molecule has 3 unspecified atom stereocenters. The summed E-state index contributed by atoms with van der Waals surface area (Å²) in [5, 5.41) is 10.2. The van der Waals surface area contributed by atoms with Crippen LogP contribution in [0.25, 0.3) is 0 Å². The molecule has 2 N–H and O–H groups in total. The van der Waals surface area contributed by atoms with Crippen molar-refractivity contribution in [1.82, 2.24) is 20.5 Å². The highest BCUT2D eigenvalue weighted by atomic mass is 16.2. The monoisotopic (exact) mass is 290 g/mol. The zero-order chi connectivity index (χ0) is 15.0. The fourth-order valence-electron chi connectivity index (χ4n) is 3.52. The van der Waals surface area contributed by atoms with E-state index in [1.165, 1.54) is 12.8 Å². The Bertz CT molecular complexity index is 506. The molecule has 0 aliphatic heterocycles. The van der Waals surface area contributed by atoms with Crippen LogP contribution < -0.4 is 5.32 Å². The summed E-state index contributed by atoms with van der Waals surface area (Å²) >= 11 is 0. The van der Waals surface area contributed by atoms with Crippen LogP contribution in [0.5, 0.6) is 0 Å². The second kappa shape index (κ2) is 5.78. The molecule has 21 heavy (non-hydrogen) atoms. The maximum Gasteiger partial charge on any atom is 0.291 e. The Morgan fingerprint density at radius 3 is 2.71 bits per heavy atom. The molecule has 1 aromatic heterocycles. The highest BCUT2D eigenvalue weighted by Gasteiger charge is 2.33. The summed E-state index contributed by atoms with van der Waals surface area (Å²) in [6.07, 6.45) is 5.85. The number of hydrogen-bond donors (Lipinski definition) is 2. The standard InChI is InChI=1S/C16H26N4O/c1-9(2)12-7-4-10(3)8-13(12)17-16(21)15-18-14(19-20-15)11-5-6-11/h9-13H,4-8H2,1-3H3,(H,17,21)(H,18,19,20). The van der Waals surface area contributed by atoms with Gasteiger partial charge in [-0.05, 0) is 43.4 Å². The molecule has 0 aromatic carbocycles. The van der Waals surface area contributed by atoms with Crippen LogP contribution in [-0.4, -0.2) is 27.1 Å². The number of amides is 1. The summed E-state index contributed by atoms with van der Waals surface area (Å²) in [5.41, 5.74) is 0. The van der Waals surface area contributed by atoms with Crippen molar-refractivity contribution in [3.05, 3.63) is 11.6 Å². The molecule has 2 saturated carbocycles. The summed E-state index contributed by atoms with van der Waals surface area (Å²) in [6.45, 7) is 6.77. The Morgan fingerprint density at radius 1 is 1.29 bits per heavy atom. The molecule has 0 saturated heterocycles. The molecule has 1 amide bonds. The number of carbonyl (C=O) groups excluding carboxylic acids is 1. The van der Waals surface area contributed by atoms with Crippen LogP contribution in [-0.2, 0) is 0 Å². The van der Waals surface area contributed by atoms with E-state index >= 15 is 0 Å². The lowest BCUT2D eigenvalue weighted by Gasteiger charge is -2.37. The molecule has 0 spiro atoms. The Kier molecular flexibility index (Phi) is 4.00. The van der Waals surface area contributed by atoms with Gasteiger partial charge in [0, 0.05) is 12.0 Å². The van der Waals surface area contributed by atoms with Crippen molar-refractivity contribution in [2.24, 2.45) is 17.8 Å². The summed E-state index contributed by atoms with van der Waals surface area (Å²) in [7, 11) is 0.